The molecule has 1 saturated heterocycles. The number of aryl methyl sites for hydroxylation is 1. The number of hydrogen-bond acceptors (Lipinski definition) is 4. The summed E-state index contributed by atoms with van der Waals surface area (Å²) < 4.78 is 0. The lowest BCUT2D eigenvalue weighted by atomic mass is 10.2. The Kier molecular flexibility index (Phi) is 4.05. The summed E-state index contributed by atoms with van der Waals surface area (Å²) in [6.45, 7) is 7.36. The molecule has 1 aliphatic heterocycles. The first-order valence-corrected chi connectivity index (χ1v) is 7.49. The first-order chi connectivity index (χ1) is 8.21. The van der Waals surface area contributed by atoms with Gasteiger partial charge in [-0.2, -0.15) is 0 Å². The highest BCUT2D eigenvalue weighted by atomic mass is 32.1. The van der Waals surface area contributed by atoms with Crippen LogP contribution in [0, 0.1) is 0 Å². The zero-order valence-electron chi connectivity index (χ0n) is 11.1. The minimum absolute atomic E-state index is 0.625. The molecule has 1 fully saturated rings. The van der Waals surface area contributed by atoms with Crippen LogP contribution in [0.15, 0.2) is 0 Å². The second-order valence-electron chi connectivity index (χ2n) is 4.82. The molecule has 3 nitrogen and oxygen atoms in total. The summed E-state index contributed by atoms with van der Waals surface area (Å²) in [6, 6.07) is 1.30. The lowest BCUT2D eigenvalue weighted by Gasteiger charge is -2.27. The van der Waals surface area contributed by atoms with Crippen molar-refractivity contribution in [1.29, 1.82) is 0 Å². The molecule has 0 bridgehead atoms. The number of thiazole rings is 1. The van der Waals surface area contributed by atoms with Gasteiger partial charge in [-0.25, -0.2) is 4.98 Å². The number of hydrogen-bond donors (Lipinski definition) is 1. The molecule has 1 aromatic heterocycles. The number of aromatic nitrogens is 1. The van der Waals surface area contributed by atoms with E-state index in [0.717, 1.165) is 6.42 Å². The fourth-order valence-electron chi connectivity index (χ4n) is 2.73. The Hall–Kier alpha value is -0.610. The minimum atomic E-state index is 0.625. The Morgan fingerprint density at radius 2 is 2.18 bits per heavy atom. The molecule has 2 unspecified atom stereocenters. The van der Waals surface area contributed by atoms with E-state index in [4.69, 9.17) is 10.7 Å². The Morgan fingerprint density at radius 1 is 1.41 bits per heavy atom. The monoisotopic (exact) mass is 253 g/mol. The molecule has 1 aromatic rings. The van der Waals surface area contributed by atoms with Crippen LogP contribution >= 0.6 is 11.3 Å². The van der Waals surface area contributed by atoms with Crippen molar-refractivity contribution < 1.29 is 0 Å². The normalized spacial score (nSPS) is 24.6. The van der Waals surface area contributed by atoms with Crippen LogP contribution in [0.2, 0.25) is 0 Å². The van der Waals surface area contributed by atoms with E-state index in [9.17, 15) is 0 Å². The molecule has 0 saturated carbocycles. The molecule has 0 aromatic carbocycles. The highest BCUT2D eigenvalue weighted by Gasteiger charge is 2.31. The van der Waals surface area contributed by atoms with Gasteiger partial charge >= 0.3 is 0 Å². The summed E-state index contributed by atoms with van der Waals surface area (Å²) in [5, 5.41) is 1.19. The van der Waals surface area contributed by atoms with Crippen molar-refractivity contribution in [2.75, 3.05) is 4.90 Å². The van der Waals surface area contributed by atoms with E-state index >= 15 is 0 Å². The maximum Gasteiger partial charge on any atom is 0.186 e. The van der Waals surface area contributed by atoms with Gasteiger partial charge in [0, 0.05) is 23.5 Å². The molecule has 96 valence electrons. The predicted molar refractivity (Wildman–Crippen MR) is 74.6 cm³/mol. The van der Waals surface area contributed by atoms with Crippen LogP contribution in [0.5, 0.6) is 0 Å². The third kappa shape index (κ3) is 2.33. The van der Waals surface area contributed by atoms with Gasteiger partial charge in [0.25, 0.3) is 0 Å². The highest BCUT2D eigenvalue weighted by Crippen LogP contribution is 2.36. The van der Waals surface area contributed by atoms with Crippen LogP contribution in [-0.2, 0) is 13.0 Å². The zero-order chi connectivity index (χ0) is 12.4. The Labute approximate surface area is 108 Å². The molecule has 0 spiro atoms. The van der Waals surface area contributed by atoms with Gasteiger partial charge in [0.2, 0.25) is 0 Å². The van der Waals surface area contributed by atoms with Crippen molar-refractivity contribution in [2.24, 2.45) is 5.73 Å². The van der Waals surface area contributed by atoms with E-state index in [-0.39, 0.29) is 0 Å². The SMILES string of the molecule is CCc1nc(N2C(C)CCC2CC)sc1CN. The van der Waals surface area contributed by atoms with Gasteiger partial charge in [0.15, 0.2) is 5.13 Å². The van der Waals surface area contributed by atoms with Gasteiger partial charge in [-0.1, -0.05) is 13.8 Å². The molecule has 2 atom stereocenters. The maximum atomic E-state index is 5.79. The average Bonchev–Trinajstić information content (AvgIpc) is 2.91. The van der Waals surface area contributed by atoms with Gasteiger partial charge in [-0.3, -0.25) is 0 Å². The Morgan fingerprint density at radius 3 is 2.71 bits per heavy atom. The standard InChI is InChI=1S/C13H23N3S/c1-4-10-7-6-9(3)16(10)13-15-11(5-2)12(8-14)17-13/h9-10H,4-8,14H2,1-3H3. The molecule has 17 heavy (non-hydrogen) atoms. The van der Waals surface area contributed by atoms with Crippen LogP contribution in [-0.4, -0.2) is 17.1 Å². The van der Waals surface area contributed by atoms with Gasteiger partial charge in [0.05, 0.1) is 5.69 Å². The fraction of sp³-hybridized carbons (Fsp3) is 0.769. The van der Waals surface area contributed by atoms with Crippen molar-refractivity contribution in [1.82, 2.24) is 4.98 Å². The second kappa shape index (κ2) is 5.36. The van der Waals surface area contributed by atoms with Gasteiger partial charge in [-0.05, 0) is 32.6 Å². The minimum Gasteiger partial charge on any atom is -0.342 e. The van der Waals surface area contributed by atoms with Crippen LogP contribution in [0.1, 0.15) is 50.6 Å². The lowest BCUT2D eigenvalue weighted by Crippen LogP contribution is -2.33. The van der Waals surface area contributed by atoms with Crippen molar-refractivity contribution in [3.05, 3.63) is 10.6 Å². The molecule has 0 amide bonds. The highest BCUT2D eigenvalue weighted by molar-refractivity contribution is 7.15. The molecular formula is C13H23N3S. The third-order valence-corrected chi connectivity index (χ3v) is 4.90. The van der Waals surface area contributed by atoms with Gasteiger partial charge in [-0.15, -0.1) is 11.3 Å². The summed E-state index contributed by atoms with van der Waals surface area (Å²) in [4.78, 5) is 8.57. The summed E-state index contributed by atoms with van der Waals surface area (Å²) in [7, 11) is 0. The first-order valence-electron chi connectivity index (χ1n) is 6.68. The zero-order valence-corrected chi connectivity index (χ0v) is 11.9. The van der Waals surface area contributed by atoms with E-state index in [1.54, 1.807) is 11.3 Å². The van der Waals surface area contributed by atoms with Crippen LogP contribution in [0.3, 0.4) is 0 Å². The second-order valence-corrected chi connectivity index (χ2v) is 5.88. The summed E-state index contributed by atoms with van der Waals surface area (Å²) in [6.07, 6.45) is 4.79. The van der Waals surface area contributed by atoms with E-state index < -0.39 is 0 Å². The molecule has 4 heteroatoms. The Bertz CT molecular complexity index is 353. The van der Waals surface area contributed by atoms with Crippen molar-refractivity contribution >= 4 is 16.5 Å². The average molecular weight is 253 g/mol. The number of rotatable bonds is 4. The van der Waals surface area contributed by atoms with Crippen molar-refractivity contribution in [3.63, 3.8) is 0 Å². The molecule has 2 heterocycles. The summed E-state index contributed by atoms with van der Waals surface area (Å²) >= 11 is 1.79. The van der Waals surface area contributed by atoms with E-state index in [0.29, 0.717) is 18.6 Å². The molecule has 2 N–H and O–H groups in total. The predicted octanol–water partition coefficient (Wildman–Crippen LogP) is 2.93. The molecule has 1 aliphatic rings. The molecule has 2 rings (SSSR count). The van der Waals surface area contributed by atoms with Crippen LogP contribution < -0.4 is 10.6 Å². The van der Waals surface area contributed by atoms with E-state index in [1.807, 2.05) is 0 Å². The fourth-order valence-corrected chi connectivity index (χ4v) is 3.93. The van der Waals surface area contributed by atoms with Crippen molar-refractivity contribution in [2.45, 2.75) is 65.1 Å². The lowest BCUT2D eigenvalue weighted by molar-refractivity contribution is 0.625. The molecule has 0 aliphatic carbocycles. The quantitative estimate of drug-likeness (QED) is 0.897. The largest absolute Gasteiger partial charge is 0.342 e. The maximum absolute atomic E-state index is 5.79. The van der Waals surface area contributed by atoms with Gasteiger partial charge < -0.3 is 10.6 Å². The van der Waals surface area contributed by atoms with Gasteiger partial charge in [0.1, 0.15) is 0 Å². The summed E-state index contributed by atoms with van der Waals surface area (Å²) in [5.41, 5.74) is 6.99. The topological polar surface area (TPSA) is 42.2 Å². The van der Waals surface area contributed by atoms with E-state index in [1.165, 1.54) is 35.0 Å². The number of anilines is 1. The van der Waals surface area contributed by atoms with Crippen molar-refractivity contribution in [3.8, 4) is 0 Å². The number of nitrogens with zero attached hydrogens (tertiary/aromatic N) is 2. The molecular weight excluding hydrogens is 230 g/mol. The van der Waals surface area contributed by atoms with Crippen LogP contribution in [0.4, 0.5) is 5.13 Å². The van der Waals surface area contributed by atoms with Crippen LogP contribution in [0.25, 0.3) is 0 Å². The Balaban J connectivity index is 2.29. The molecule has 0 radical (unpaired) electrons. The smallest absolute Gasteiger partial charge is 0.186 e. The number of nitrogens with two attached hydrogens (primary N) is 1. The third-order valence-electron chi connectivity index (χ3n) is 3.77. The summed E-state index contributed by atoms with van der Waals surface area (Å²) in [5.74, 6) is 0. The van der Waals surface area contributed by atoms with E-state index in [2.05, 4.69) is 25.7 Å². The first kappa shape index (κ1) is 12.8.